The van der Waals surface area contributed by atoms with Crippen molar-refractivity contribution < 1.29 is 70.2 Å². The number of rotatable bonds is 8. The molecule has 15 heteroatoms. The molecule has 1 aromatic heterocycles. The Balaban J connectivity index is 0.00000387. The fraction of sp³-hybridized carbons (Fsp3) is 0.654. The van der Waals surface area contributed by atoms with Crippen molar-refractivity contribution in [2.75, 3.05) is 6.61 Å². The first-order valence-electron chi connectivity index (χ1n) is 13.0. The van der Waals surface area contributed by atoms with E-state index in [2.05, 4.69) is 0 Å². The molecule has 3 heterocycles. The predicted molar refractivity (Wildman–Crippen MR) is 139 cm³/mol. The van der Waals surface area contributed by atoms with Crippen LogP contribution in [0.15, 0.2) is 27.4 Å². The van der Waals surface area contributed by atoms with Gasteiger partial charge in [-0.25, -0.2) is 4.79 Å². The van der Waals surface area contributed by atoms with Crippen LogP contribution in [0.3, 0.4) is 0 Å². The van der Waals surface area contributed by atoms with E-state index in [4.69, 9.17) is 53.5 Å². The van der Waals surface area contributed by atoms with Gasteiger partial charge in [0.15, 0.2) is 17.9 Å². The third kappa shape index (κ3) is 6.75. The molecule has 1 aliphatic carbocycles. The molecular formula is C26H33ClLiO12P. The van der Waals surface area contributed by atoms with Crippen LogP contribution in [0.4, 0.5) is 0 Å². The summed E-state index contributed by atoms with van der Waals surface area (Å²) in [6.45, 7) is 12.5. The summed E-state index contributed by atoms with van der Waals surface area (Å²) in [7, 11) is -5.07. The van der Waals surface area contributed by atoms with E-state index < -0.39 is 67.9 Å². The maximum absolute atomic E-state index is 13.3. The molecule has 222 valence electrons. The van der Waals surface area contributed by atoms with Gasteiger partial charge in [0.1, 0.15) is 53.0 Å². The summed E-state index contributed by atoms with van der Waals surface area (Å²) >= 11 is 5.98. The average Bonchev–Trinajstić information content (AvgIpc) is 3.34. The van der Waals surface area contributed by atoms with Crippen molar-refractivity contribution in [1.82, 2.24) is 0 Å². The quantitative estimate of drug-likeness (QED) is 0.181. The van der Waals surface area contributed by atoms with Crippen molar-refractivity contribution >= 4 is 30.4 Å². The van der Waals surface area contributed by atoms with Gasteiger partial charge in [-0.3, -0.25) is 4.57 Å². The molecule has 2 aliphatic heterocycles. The van der Waals surface area contributed by atoms with E-state index in [9.17, 15) is 14.3 Å². The molecule has 0 N–H and O–H groups in total. The van der Waals surface area contributed by atoms with Gasteiger partial charge >= 0.3 is 32.3 Å². The second-order valence-corrected chi connectivity index (χ2v) is 12.5. The zero-order valence-corrected chi connectivity index (χ0v) is 25.9. The Bertz CT molecular complexity index is 1350. The monoisotopic (exact) mass is 610 g/mol. The fourth-order valence-electron chi connectivity index (χ4n) is 5.46. The molecule has 41 heavy (non-hydrogen) atoms. The second kappa shape index (κ2) is 11.8. The number of benzene rings is 1. The van der Waals surface area contributed by atoms with E-state index in [1.54, 1.807) is 41.5 Å². The first-order valence-corrected chi connectivity index (χ1v) is 14.8. The van der Waals surface area contributed by atoms with E-state index in [0.717, 1.165) is 0 Å². The third-order valence-corrected chi connectivity index (χ3v) is 8.28. The van der Waals surface area contributed by atoms with Gasteiger partial charge in [-0.15, -0.1) is 0 Å². The molecule has 2 saturated heterocycles. The minimum atomic E-state index is -5.07. The summed E-state index contributed by atoms with van der Waals surface area (Å²) in [4.78, 5) is 25.3. The molecule has 3 aliphatic rings. The second-order valence-electron chi connectivity index (χ2n) is 10.8. The smallest absolute Gasteiger partial charge is 0.746 e. The maximum Gasteiger partial charge on any atom is 1.00 e. The Kier molecular flexibility index (Phi) is 9.51. The van der Waals surface area contributed by atoms with Crippen LogP contribution in [0.5, 0.6) is 5.75 Å². The van der Waals surface area contributed by atoms with Crippen LogP contribution in [0.25, 0.3) is 11.0 Å². The molecule has 0 spiro atoms. The van der Waals surface area contributed by atoms with E-state index in [1.807, 2.05) is 6.92 Å². The molecule has 1 aromatic carbocycles. The average molecular weight is 611 g/mol. The number of fused-ring (bicyclic) bond motifs is 3. The van der Waals surface area contributed by atoms with Gasteiger partial charge in [0, 0.05) is 18.1 Å². The number of aryl methyl sites for hydroxylation is 1. The summed E-state index contributed by atoms with van der Waals surface area (Å²) in [6, 6.07) is 4.22. The fourth-order valence-corrected chi connectivity index (χ4v) is 6.56. The summed E-state index contributed by atoms with van der Waals surface area (Å²) in [5.74, 6) is -2.28. The van der Waals surface area contributed by atoms with Gasteiger partial charge < -0.3 is 46.8 Å². The van der Waals surface area contributed by atoms with Gasteiger partial charge in [0.25, 0.3) is 0 Å². The Morgan fingerprint density at radius 1 is 1.02 bits per heavy atom. The predicted octanol–water partition coefficient (Wildman–Crippen LogP) is 0.813. The van der Waals surface area contributed by atoms with Crippen LogP contribution < -0.4 is 33.9 Å². The van der Waals surface area contributed by atoms with E-state index >= 15 is 0 Å². The van der Waals surface area contributed by atoms with Crippen LogP contribution in [-0.2, 0) is 37.5 Å². The Hall–Kier alpha value is -0.973. The van der Waals surface area contributed by atoms with Gasteiger partial charge in [0.2, 0.25) is 0 Å². The van der Waals surface area contributed by atoms with Crippen molar-refractivity contribution in [2.45, 2.75) is 103 Å². The Labute approximate surface area is 254 Å². The zero-order valence-electron chi connectivity index (χ0n) is 24.2. The van der Waals surface area contributed by atoms with E-state index in [-0.39, 0.29) is 35.2 Å². The van der Waals surface area contributed by atoms with Gasteiger partial charge in [-0.2, -0.15) is 0 Å². The summed E-state index contributed by atoms with van der Waals surface area (Å²) in [5.41, 5.74) is -0.144. The Morgan fingerprint density at radius 2 is 1.56 bits per heavy atom. The molecule has 1 saturated carbocycles. The maximum atomic E-state index is 13.3. The largest absolute Gasteiger partial charge is 1.00 e. The first kappa shape index (κ1) is 32.9. The van der Waals surface area contributed by atoms with Crippen molar-refractivity contribution in [3.63, 3.8) is 0 Å². The van der Waals surface area contributed by atoms with Crippen molar-refractivity contribution in [3.05, 3.63) is 39.2 Å². The van der Waals surface area contributed by atoms with Crippen LogP contribution in [0.2, 0.25) is 5.02 Å². The summed E-state index contributed by atoms with van der Waals surface area (Å²) in [5, 5.41) is 0.475. The zero-order chi connectivity index (χ0) is 29.2. The van der Waals surface area contributed by atoms with E-state index in [1.165, 1.54) is 18.2 Å². The standard InChI is InChI=1S/C26H34ClO12P.Li/c1-8-31-13(3)32-18-19-21(36-25(4,5)34-19)23(22-20(18)35-26(6,7)37-22)39-40(29,30)38-14-9-10-15-12(2)17(27)24(28)33-16(15)11-14;/h9-11,13,18-23H,8H2,1-7H3,(H,29,30);/q;+1/p-1. The number of halogens is 1. The first-order chi connectivity index (χ1) is 18.6. The van der Waals surface area contributed by atoms with Crippen LogP contribution in [-0.4, -0.2) is 61.1 Å². The van der Waals surface area contributed by atoms with Crippen molar-refractivity contribution in [2.24, 2.45) is 0 Å². The normalized spacial score (nSPS) is 32.0. The number of phosphoric acid groups is 1. The molecule has 0 radical (unpaired) electrons. The third-order valence-electron chi connectivity index (χ3n) is 6.91. The van der Waals surface area contributed by atoms with Gasteiger partial charge in [-0.05, 0) is 66.2 Å². The van der Waals surface area contributed by atoms with Gasteiger partial charge in [-0.1, -0.05) is 11.6 Å². The summed E-state index contributed by atoms with van der Waals surface area (Å²) in [6.07, 6.45) is -5.91. The van der Waals surface area contributed by atoms with Gasteiger partial charge in [0.05, 0.1) is 0 Å². The molecule has 2 aromatic rings. The number of hydrogen-bond acceptors (Lipinski definition) is 12. The van der Waals surface area contributed by atoms with Crippen molar-refractivity contribution in [1.29, 1.82) is 0 Å². The molecule has 5 rings (SSSR count). The molecule has 6 unspecified atom stereocenters. The molecular weight excluding hydrogens is 578 g/mol. The topological polar surface area (TPSA) is 144 Å². The van der Waals surface area contributed by atoms with Crippen LogP contribution in [0, 0.1) is 6.92 Å². The minimum Gasteiger partial charge on any atom is -0.746 e. The molecule has 12 nitrogen and oxygen atoms in total. The Morgan fingerprint density at radius 3 is 2.10 bits per heavy atom. The van der Waals surface area contributed by atoms with E-state index in [0.29, 0.717) is 17.6 Å². The molecule has 3 fully saturated rings. The van der Waals surface area contributed by atoms with Crippen LogP contribution >= 0.6 is 19.4 Å². The minimum absolute atomic E-state index is 0. The SMILES string of the molecule is CCOC(C)OC1C2OC(C)(C)OC2C(OP(=O)([O-])Oc2ccc3c(C)c(Cl)c(=O)oc3c2)C2OC(C)(C)OC12.[Li+]. The number of hydrogen-bond donors (Lipinski definition) is 0. The molecule has 0 amide bonds. The molecule has 6 atom stereocenters. The number of ether oxygens (including phenoxy) is 6. The molecule has 0 bridgehead atoms. The summed E-state index contributed by atoms with van der Waals surface area (Å²) < 4.78 is 65.7. The van der Waals surface area contributed by atoms with Crippen LogP contribution in [0.1, 0.15) is 47.1 Å². The number of phosphoric ester groups is 1. The van der Waals surface area contributed by atoms with Crippen molar-refractivity contribution in [3.8, 4) is 5.75 Å².